The highest BCUT2D eigenvalue weighted by Crippen LogP contribution is 2.43. The molecular formula is C80H130O46S7. The number of ether oxygens (including phenoxy) is 23. The van der Waals surface area contributed by atoms with Crippen molar-refractivity contribution >= 4 is 126 Å². The molecule has 26 heterocycles. The lowest BCUT2D eigenvalue weighted by Crippen LogP contribution is -2.68. The van der Waals surface area contributed by atoms with Gasteiger partial charge >= 0.3 is 17.9 Å². The number of thioether (sulfide) groups is 7. The fourth-order valence-corrected chi connectivity index (χ4v) is 22.7. The van der Waals surface area contributed by atoms with Gasteiger partial charge in [-0.25, -0.2) is 0 Å². The molecule has 40 atom stereocenters. The van der Waals surface area contributed by atoms with Gasteiger partial charge in [-0.3, -0.25) is 33.6 Å². The number of methoxy groups -OCH3 is 3. The minimum absolute atomic E-state index is 0.00442. The molecule has 0 aromatic carbocycles. The van der Waals surface area contributed by atoms with Crippen LogP contribution in [0.15, 0.2) is 0 Å². The van der Waals surface area contributed by atoms with E-state index < -0.39 is 264 Å². The molecule has 768 valence electrons. The minimum atomic E-state index is -2.25. The third-order valence-electron chi connectivity index (χ3n) is 23.0. The number of carbonyl (C=O) groups excluding carboxylic acids is 7. The molecule has 0 amide bonds. The van der Waals surface area contributed by atoms with Gasteiger partial charge in [0.2, 0.25) is 0 Å². The zero-order chi connectivity index (χ0) is 96.4. The fraction of sp³-hybridized carbons (Fsp3) is 0.912. The van der Waals surface area contributed by atoms with Crippen molar-refractivity contribution in [2.75, 3.05) is 128 Å². The normalized spacial score (nSPS) is 40.2. The standard InChI is InChI=1S/C80H130O46S7/c1-5-20-127-28-40-66-51(90)59(98)75(113-40)122-68-43(31-131-24-13-46(85)104-2)116-77(61(100)53(68)92)124-70-45(33-133-26-15-48(87)106-4)117-78(62(101)54(70)93)123-69-44(32-132-25-14-47(86)105-3)115-76(60(99)52(69)91)121-67-41(29-129-22-10-18-109-36-83)118-79(63(102)56(67)95)126-72-49(88)39(27-128-21-9-17-108-35-82)112-80(64(72)103)125-71-42(30-130-23-11-19-110-37-84)114-74(58(97)55(71)94)119-65-38(12-7-6-8-16-107-34-81)111-73(120-66)57(96)50(65)89/h34-45,49-80,88-103H,5-33H2,1-4H3/t38?,39?,40?,41?,42?,43?,44?,45?,49-,50-,51-,52-,53-,54-,55-,56-,57?,58?,59?,60?,61?,62?,63?,64?,65-,66-,67-,68-,69-,70-,71-,72+,73-,74-,75-,76-,77-,78-,79-,80+/m1/s1. The van der Waals surface area contributed by atoms with Crippen molar-refractivity contribution in [1.29, 1.82) is 0 Å². The Morgan fingerprint density at radius 3 is 0.722 bits per heavy atom. The summed E-state index contributed by atoms with van der Waals surface area (Å²) >= 11 is 7.93. The van der Waals surface area contributed by atoms with Crippen LogP contribution in [0.4, 0.5) is 0 Å². The smallest absolute Gasteiger partial charge is 0.306 e. The minimum Gasteiger partial charge on any atom is -0.469 e. The lowest BCUT2D eigenvalue weighted by atomic mass is 9.93. The van der Waals surface area contributed by atoms with Crippen LogP contribution >= 0.6 is 82.3 Å². The SMILES string of the molecule is CCCSCC1O[C@@H]2O[C@@H]3C(CSCCC(=O)OC)O[C@H](O[C@@H]4C(CSCCC(=O)OC)O[C@H](O[C@@H]5C(CSCCC(=O)OC)O[C@H](O[C@@H]6C(CSCCCOC=O)O[C@H](O[C@@H]7C(O)[C@@H](OC(CSCCCOC=O)[C@H]7O)O[C@@H]7C(CSCCCOC=O)O[C@H](O[C@@H]8C(CCCCCOC=O)O[C@H](O[C@H]1[C@H](O)C2O)C(O)[C@H]8O)C(O)[C@H]7O)C(O)[C@H]6O)C(O)[C@H]5O)C(O)[C@H]4O)C(O)[C@H]3O. The first kappa shape index (κ1) is 114. The summed E-state index contributed by atoms with van der Waals surface area (Å²) in [6.45, 7) is 2.83. The molecule has 26 aliphatic heterocycles. The van der Waals surface area contributed by atoms with Crippen molar-refractivity contribution in [1.82, 2.24) is 0 Å². The maximum absolute atomic E-state index is 12.7. The van der Waals surface area contributed by atoms with Crippen molar-refractivity contribution in [2.24, 2.45) is 0 Å². The van der Waals surface area contributed by atoms with Gasteiger partial charge < -0.3 is 191 Å². The predicted octanol–water partition coefficient (Wildman–Crippen LogP) is -5.69. The van der Waals surface area contributed by atoms with E-state index in [1.54, 1.807) is 0 Å². The van der Waals surface area contributed by atoms with Gasteiger partial charge in [-0.15, -0.1) is 0 Å². The zero-order valence-electron chi connectivity index (χ0n) is 73.7. The highest BCUT2D eigenvalue weighted by Gasteiger charge is 2.61. The molecule has 26 aliphatic rings. The molecule has 53 heteroatoms. The number of rotatable bonds is 47. The topological polar surface area (TPSA) is 655 Å². The molecule has 0 saturated carbocycles. The number of aliphatic hydroxyl groups excluding tert-OH is 16. The molecule has 16 bridgehead atoms. The van der Waals surface area contributed by atoms with Gasteiger partial charge in [0.05, 0.1) is 116 Å². The van der Waals surface area contributed by atoms with Gasteiger partial charge in [0, 0.05) is 57.5 Å². The van der Waals surface area contributed by atoms with E-state index in [2.05, 4.69) is 0 Å². The fourth-order valence-electron chi connectivity index (χ4n) is 15.8. The van der Waals surface area contributed by atoms with Gasteiger partial charge in [0.15, 0.2) is 50.3 Å². The van der Waals surface area contributed by atoms with Crippen LogP contribution in [-0.4, -0.2) is 499 Å². The second kappa shape index (κ2) is 59.5. The molecule has 26 rings (SSSR count). The molecule has 46 nitrogen and oxygen atoms in total. The molecule has 0 spiro atoms. The van der Waals surface area contributed by atoms with E-state index in [9.17, 15) is 115 Å². The van der Waals surface area contributed by atoms with E-state index in [1.165, 1.54) is 44.9 Å². The lowest BCUT2D eigenvalue weighted by Gasteiger charge is -2.50. The Morgan fingerprint density at radius 2 is 0.459 bits per heavy atom. The van der Waals surface area contributed by atoms with E-state index in [0.717, 1.165) is 58.8 Å². The number of carbonyl (C=O) groups is 7. The first-order valence-corrected chi connectivity index (χ1v) is 52.0. The summed E-state index contributed by atoms with van der Waals surface area (Å²) in [6.07, 6.45) is -74.5. The second-order valence-corrected chi connectivity index (χ2v) is 40.3. The van der Waals surface area contributed by atoms with Crippen LogP contribution < -0.4 is 0 Å². The Morgan fingerprint density at radius 1 is 0.241 bits per heavy atom. The van der Waals surface area contributed by atoms with Crippen molar-refractivity contribution in [3.05, 3.63) is 0 Å². The van der Waals surface area contributed by atoms with Gasteiger partial charge in [0.25, 0.3) is 25.9 Å². The summed E-state index contributed by atoms with van der Waals surface area (Å²) in [5.74, 6) is -1.77. The lowest BCUT2D eigenvalue weighted by molar-refractivity contribution is -0.392. The van der Waals surface area contributed by atoms with Crippen LogP contribution in [0, 0.1) is 0 Å². The third-order valence-corrected chi connectivity index (χ3v) is 30.8. The summed E-state index contributed by atoms with van der Waals surface area (Å²) in [4.78, 5) is 82.0. The molecule has 0 radical (unpaired) electrons. The van der Waals surface area contributed by atoms with E-state index >= 15 is 0 Å². The molecule has 26 saturated heterocycles. The molecule has 133 heavy (non-hydrogen) atoms. The average Bonchev–Trinajstić information content (AvgIpc) is 0.787. The van der Waals surface area contributed by atoms with Crippen molar-refractivity contribution in [2.45, 2.75) is 323 Å². The van der Waals surface area contributed by atoms with Gasteiger partial charge in [0.1, 0.15) is 146 Å². The largest absolute Gasteiger partial charge is 0.469 e. The van der Waals surface area contributed by atoms with E-state index in [-0.39, 0.29) is 172 Å². The first-order valence-electron chi connectivity index (χ1n) is 43.9. The Balaban J connectivity index is 1.13. The summed E-state index contributed by atoms with van der Waals surface area (Å²) < 4.78 is 137. The maximum Gasteiger partial charge on any atom is 0.306 e. The number of aliphatic hydroxyl groups is 16. The van der Waals surface area contributed by atoms with Crippen molar-refractivity contribution in [3.8, 4) is 0 Å². The number of hydrogen-bond donors (Lipinski definition) is 16. The number of esters is 3. The summed E-state index contributed by atoms with van der Waals surface area (Å²) in [6, 6.07) is 0. The predicted molar refractivity (Wildman–Crippen MR) is 466 cm³/mol. The Hall–Kier alpha value is -2.54. The summed E-state index contributed by atoms with van der Waals surface area (Å²) in [5.41, 5.74) is 0. The quantitative estimate of drug-likeness (QED) is 0.0117. The second-order valence-electron chi connectivity index (χ2n) is 32.3. The molecule has 16 unspecified atom stereocenters. The van der Waals surface area contributed by atoms with Crippen molar-refractivity contribution < 1.29 is 224 Å². The Labute approximate surface area is 797 Å². The molecular weight excluding hydrogens is 1920 g/mol. The van der Waals surface area contributed by atoms with Crippen LogP contribution in [-0.2, 0) is 143 Å². The highest BCUT2D eigenvalue weighted by molar-refractivity contribution is 8.00. The molecule has 26 fully saturated rings. The van der Waals surface area contributed by atoms with Gasteiger partial charge in [-0.05, 0) is 68.0 Å². The third kappa shape index (κ3) is 32.7. The van der Waals surface area contributed by atoms with E-state index in [4.69, 9.17) is 109 Å². The molecule has 16 N–H and O–H groups in total. The maximum atomic E-state index is 12.7. The van der Waals surface area contributed by atoms with Gasteiger partial charge in [-0.1, -0.05) is 13.3 Å². The number of hydrogen-bond acceptors (Lipinski definition) is 53. The molecule has 0 aromatic heterocycles. The Kier molecular flexibility index (Phi) is 51.0. The van der Waals surface area contributed by atoms with E-state index in [1.807, 2.05) is 6.92 Å². The van der Waals surface area contributed by atoms with Crippen LogP contribution in [0.2, 0.25) is 0 Å². The first-order chi connectivity index (χ1) is 64.1. The summed E-state index contributed by atoms with van der Waals surface area (Å²) in [7, 11) is 3.51. The van der Waals surface area contributed by atoms with Gasteiger partial charge in [-0.2, -0.15) is 82.3 Å². The highest BCUT2D eigenvalue weighted by atomic mass is 32.2. The van der Waals surface area contributed by atoms with E-state index in [0.29, 0.717) is 31.4 Å². The van der Waals surface area contributed by atoms with Crippen LogP contribution in [0.3, 0.4) is 0 Å². The number of unbranched alkanes of at least 4 members (excludes halogenated alkanes) is 2. The zero-order valence-corrected chi connectivity index (χ0v) is 79.4. The summed E-state index contributed by atoms with van der Waals surface area (Å²) in [5, 5.41) is 199. The van der Waals surface area contributed by atoms with Crippen molar-refractivity contribution in [3.63, 3.8) is 0 Å². The van der Waals surface area contributed by atoms with Crippen LogP contribution in [0.1, 0.15) is 77.6 Å². The van der Waals surface area contributed by atoms with Crippen LogP contribution in [0.5, 0.6) is 0 Å². The monoisotopic (exact) mass is 2050 g/mol. The molecule has 0 aromatic rings. The average molecular weight is 2050 g/mol. The van der Waals surface area contributed by atoms with Crippen LogP contribution in [0.25, 0.3) is 0 Å². The Bertz CT molecular complexity index is 3360. The molecule has 0 aliphatic carbocycles.